The Morgan fingerprint density at radius 1 is 1.62 bits per heavy atom. The van der Waals surface area contributed by atoms with Gasteiger partial charge in [0.1, 0.15) is 4.60 Å². The van der Waals surface area contributed by atoms with E-state index in [-0.39, 0.29) is 0 Å². The summed E-state index contributed by atoms with van der Waals surface area (Å²) in [4.78, 5) is 13.5. The van der Waals surface area contributed by atoms with Crippen LogP contribution in [0.3, 0.4) is 0 Å². The van der Waals surface area contributed by atoms with E-state index in [2.05, 4.69) is 20.9 Å². The summed E-state index contributed by atoms with van der Waals surface area (Å²) in [6.45, 7) is 0.494. The second-order valence-electron chi connectivity index (χ2n) is 3.06. The van der Waals surface area contributed by atoms with Crippen LogP contribution >= 0.6 is 15.9 Å². The standard InChI is InChI=1S/C9H11BrN4O2/c10-9-2-1-8(7-12-9)3-4-13(11)5-6-14(15)16/h1-2,5-7H,3-4,11H2/b6-5+. The first-order chi connectivity index (χ1) is 7.58. The predicted molar refractivity (Wildman–Crippen MR) is 62.7 cm³/mol. The van der Waals surface area contributed by atoms with Gasteiger partial charge in [-0.15, -0.1) is 0 Å². The van der Waals surface area contributed by atoms with Crippen molar-refractivity contribution in [2.24, 2.45) is 5.84 Å². The summed E-state index contributed by atoms with van der Waals surface area (Å²) in [5.41, 5.74) is 1.02. The van der Waals surface area contributed by atoms with Crippen LogP contribution in [-0.2, 0) is 6.42 Å². The highest BCUT2D eigenvalue weighted by atomic mass is 79.9. The molecule has 0 aliphatic carbocycles. The molecule has 0 saturated carbocycles. The van der Waals surface area contributed by atoms with E-state index in [1.54, 1.807) is 6.20 Å². The van der Waals surface area contributed by atoms with Crippen LogP contribution in [0.25, 0.3) is 0 Å². The Hall–Kier alpha value is -1.47. The molecule has 0 saturated heterocycles. The maximum absolute atomic E-state index is 10.0. The molecule has 0 aliphatic rings. The van der Waals surface area contributed by atoms with E-state index in [9.17, 15) is 10.1 Å². The molecule has 0 fully saturated rings. The summed E-state index contributed by atoms with van der Waals surface area (Å²) in [7, 11) is 0. The smallest absolute Gasteiger partial charge is 0.251 e. The Morgan fingerprint density at radius 3 is 2.94 bits per heavy atom. The largest absolute Gasteiger partial charge is 0.312 e. The zero-order valence-electron chi connectivity index (χ0n) is 8.41. The van der Waals surface area contributed by atoms with Crippen LogP contribution in [0.5, 0.6) is 0 Å². The molecule has 1 heterocycles. The molecule has 7 heteroatoms. The number of nitrogens with zero attached hydrogens (tertiary/aromatic N) is 3. The number of hydrazine groups is 1. The average Bonchev–Trinajstić information content (AvgIpc) is 2.25. The topological polar surface area (TPSA) is 85.3 Å². The van der Waals surface area contributed by atoms with E-state index < -0.39 is 4.92 Å². The summed E-state index contributed by atoms with van der Waals surface area (Å²) in [5.74, 6) is 5.51. The number of pyridine rings is 1. The molecule has 0 unspecified atom stereocenters. The van der Waals surface area contributed by atoms with Crippen molar-refractivity contribution in [3.05, 3.63) is 51.0 Å². The van der Waals surface area contributed by atoms with E-state index in [1.165, 1.54) is 11.2 Å². The number of rotatable bonds is 5. The molecule has 86 valence electrons. The third-order valence-corrected chi connectivity index (χ3v) is 2.30. The van der Waals surface area contributed by atoms with Crippen molar-refractivity contribution in [2.45, 2.75) is 6.42 Å². The molecule has 0 radical (unpaired) electrons. The van der Waals surface area contributed by atoms with Gasteiger partial charge in [0.05, 0.1) is 11.1 Å². The van der Waals surface area contributed by atoms with Gasteiger partial charge in [-0.25, -0.2) is 10.8 Å². The van der Waals surface area contributed by atoms with Crippen molar-refractivity contribution in [3.8, 4) is 0 Å². The number of nitro groups is 1. The zero-order chi connectivity index (χ0) is 12.0. The molecule has 0 bridgehead atoms. The van der Waals surface area contributed by atoms with E-state index in [0.717, 1.165) is 16.4 Å². The molecule has 0 amide bonds. The van der Waals surface area contributed by atoms with Crippen LogP contribution in [0.2, 0.25) is 0 Å². The van der Waals surface area contributed by atoms with E-state index in [4.69, 9.17) is 5.84 Å². The van der Waals surface area contributed by atoms with Gasteiger partial charge in [-0.3, -0.25) is 10.1 Å². The molecule has 1 aromatic heterocycles. The third-order valence-electron chi connectivity index (χ3n) is 1.83. The number of aromatic nitrogens is 1. The molecule has 2 N–H and O–H groups in total. The highest BCUT2D eigenvalue weighted by Gasteiger charge is 1.98. The average molecular weight is 287 g/mol. The number of hydrogen-bond acceptors (Lipinski definition) is 5. The lowest BCUT2D eigenvalue weighted by molar-refractivity contribution is -0.403. The van der Waals surface area contributed by atoms with E-state index in [1.807, 2.05) is 12.1 Å². The van der Waals surface area contributed by atoms with Crippen LogP contribution in [0, 0.1) is 10.1 Å². The van der Waals surface area contributed by atoms with E-state index in [0.29, 0.717) is 13.0 Å². The van der Waals surface area contributed by atoms with Gasteiger partial charge in [0.25, 0.3) is 6.20 Å². The minimum absolute atomic E-state index is 0.494. The fourth-order valence-corrected chi connectivity index (χ4v) is 1.26. The second-order valence-corrected chi connectivity index (χ2v) is 3.87. The molecule has 1 rings (SSSR count). The molecule has 1 aromatic rings. The lowest BCUT2D eigenvalue weighted by atomic mass is 10.2. The summed E-state index contributed by atoms with van der Waals surface area (Å²) in [6.07, 6.45) is 4.44. The van der Waals surface area contributed by atoms with Crippen molar-refractivity contribution >= 4 is 15.9 Å². The number of halogens is 1. The summed E-state index contributed by atoms with van der Waals surface area (Å²) < 4.78 is 0.772. The zero-order valence-corrected chi connectivity index (χ0v) is 10.0. The highest BCUT2D eigenvalue weighted by Crippen LogP contribution is 2.06. The summed E-state index contributed by atoms with van der Waals surface area (Å²) in [6, 6.07) is 3.76. The van der Waals surface area contributed by atoms with Crippen LogP contribution in [0.1, 0.15) is 5.56 Å². The molecule has 0 aromatic carbocycles. The highest BCUT2D eigenvalue weighted by molar-refractivity contribution is 9.10. The van der Waals surface area contributed by atoms with Crippen LogP contribution in [-0.4, -0.2) is 21.5 Å². The summed E-state index contributed by atoms with van der Waals surface area (Å²) >= 11 is 3.23. The minimum atomic E-state index is -0.555. The molecular formula is C9H11BrN4O2. The van der Waals surface area contributed by atoms with Gasteiger partial charge in [-0.1, -0.05) is 6.07 Å². The fraction of sp³-hybridized carbons (Fsp3) is 0.222. The number of nitrogens with two attached hydrogens (primary N) is 1. The Bertz CT molecular complexity index is 380. The van der Waals surface area contributed by atoms with Gasteiger partial charge in [-0.2, -0.15) is 0 Å². The lowest BCUT2D eigenvalue weighted by Gasteiger charge is -2.11. The quantitative estimate of drug-likeness (QED) is 0.382. The molecule has 0 atom stereocenters. The maximum Gasteiger partial charge on any atom is 0.251 e. The molecule has 16 heavy (non-hydrogen) atoms. The van der Waals surface area contributed by atoms with Gasteiger partial charge in [0.2, 0.25) is 0 Å². The Kier molecular flexibility index (Phi) is 4.87. The van der Waals surface area contributed by atoms with Gasteiger partial charge in [0, 0.05) is 12.7 Å². The SMILES string of the molecule is NN(/C=C/[N+](=O)[O-])CCc1ccc(Br)nc1. The van der Waals surface area contributed by atoms with E-state index >= 15 is 0 Å². The normalized spacial score (nSPS) is 10.6. The molecule has 0 spiro atoms. The van der Waals surface area contributed by atoms with Gasteiger partial charge in [0.15, 0.2) is 0 Å². The van der Waals surface area contributed by atoms with Crippen molar-refractivity contribution in [2.75, 3.05) is 6.54 Å². The minimum Gasteiger partial charge on any atom is -0.312 e. The Morgan fingerprint density at radius 2 is 2.38 bits per heavy atom. The third kappa shape index (κ3) is 4.85. The first kappa shape index (κ1) is 12.6. The first-order valence-corrected chi connectivity index (χ1v) is 5.31. The van der Waals surface area contributed by atoms with Crippen LogP contribution in [0.15, 0.2) is 35.3 Å². The van der Waals surface area contributed by atoms with Crippen LogP contribution in [0.4, 0.5) is 0 Å². The molecular weight excluding hydrogens is 276 g/mol. The first-order valence-electron chi connectivity index (χ1n) is 4.51. The predicted octanol–water partition coefficient (Wildman–Crippen LogP) is 1.31. The van der Waals surface area contributed by atoms with Crippen molar-refractivity contribution in [1.29, 1.82) is 0 Å². The maximum atomic E-state index is 10.0. The molecule has 6 nitrogen and oxygen atoms in total. The van der Waals surface area contributed by atoms with Gasteiger partial charge in [-0.05, 0) is 34.0 Å². The summed E-state index contributed by atoms with van der Waals surface area (Å²) in [5, 5.41) is 11.3. The van der Waals surface area contributed by atoms with Crippen molar-refractivity contribution < 1.29 is 4.92 Å². The Balaban J connectivity index is 2.39. The van der Waals surface area contributed by atoms with Crippen molar-refractivity contribution in [1.82, 2.24) is 9.99 Å². The lowest BCUT2D eigenvalue weighted by Crippen LogP contribution is -2.27. The van der Waals surface area contributed by atoms with Crippen molar-refractivity contribution in [3.63, 3.8) is 0 Å². The monoisotopic (exact) mass is 286 g/mol. The number of hydrogen-bond donors (Lipinski definition) is 1. The second kappa shape index (κ2) is 6.19. The van der Waals surface area contributed by atoms with Gasteiger partial charge >= 0.3 is 0 Å². The van der Waals surface area contributed by atoms with Gasteiger partial charge < -0.3 is 5.01 Å². The fourth-order valence-electron chi connectivity index (χ4n) is 1.03. The molecule has 0 aliphatic heterocycles. The Labute approximate surface area is 101 Å². The van der Waals surface area contributed by atoms with Crippen LogP contribution < -0.4 is 5.84 Å².